The van der Waals surface area contributed by atoms with Gasteiger partial charge in [0.1, 0.15) is 13.5 Å². The van der Waals surface area contributed by atoms with Gasteiger partial charge in [0.05, 0.1) is 7.89 Å². The molecule has 1 rings (SSSR count). The maximum absolute atomic E-state index is 11.0. The fourth-order valence-electron chi connectivity index (χ4n) is 1.80. The van der Waals surface area contributed by atoms with E-state index in [4.69, 9.17) is 23.8 Å². The van der Waals surface area contributed by atoms with Crippen molar-refractivity contribution in [3.8, 4) is 0 Å². The highest BCUT2D eigenvalue weighted by atomic mass is 16.4. The largest absolute Gasteiger partial charge is 0.480 e. The van der Waals surface area contributed by atoms with E-state index in [0.29, 0.717) is 17.9 Å². The van der Waals surface area contributed by atoms with Crippen molar-refractivity contribution in [2.45, 2.75) is 38.8 Å². The Kier molecular flexibility index (Phi) is 9.06. The van der Waals surface area contributed by atoms with Crippen LogP contribution in [0.15, 0.2) is 30.3 Å². The lowest BCUT2D eigenvalue weighted by molar-refractivity contribution is -0.141. The number of aliphatic carboxylic acids is 3. The molecular formula is C17H26N2O6. The molecule has 0 aliphatic carbocycles. The lowest BCUT2D eigenvalue weighted by Crippen LogP contribution is -2.41. The Balaban J connectivity index is 0.000000636. The Morgan fingerprint density at radius 1 is 1.16 bits per heavy atom. The van der Waals surface area contributed by atoms with Crippen molar-refractivity contribution in [3.05, 3.63) is 35.9 Å². The van der Waals surface area contributed by atoms with Crippen LogP contribution in [0.3, 0.4) is 0 Å². The summed E-state index contributed by atoms with van der Waals surface area (Å²) in [7, 11) is 0. The molecule has 0 aliphatic rings. The van der Waals surface area contributed by atoms with Crippen molar-refractivity contribution >= 4 is 17.9 Å². The van der Waals surface area contributed by atoms with Crippen LogP contribution in [-0.4, -0.2) is 51.8 Å². The van der Waals surface area contributed by atoms with E-state index in [1.165, 1.54) is 0 Å². The Morgan fingerprint density at radius 2 is 1.72 bits per heavy atom. The SMILES string of the molecule is CC(C)C[C@H](N)C(=O)O.[2H]C(C(=O)O)N([2H])[C@@H](Cc1ccccc1)C(=O)O. The van der Waals surface area contributed by atoms with E-state index in [1.807, 2.05) is 13.8 Å². The lowest BCUT2D eigenvalue weighted by atomic mass is 10.1. The van der Waals surface area contributed by atoms with Gasteiger partial charge in [-0.3, -0.25) is 19.7 Å². The van der Waals surface area contributed by atoms with Crippen molar-refractivity contribution in [2.75, 3.05) is 6.52 Å². The van der Waals surface area contributed by atoms with Crippen LogP contribution in [0.25, 0.3) is 0 Å². The predicted octanol–water partition coefficient (Wildman–Crippen LogP) is 0.801. The molecule has 0 heterocycles. The van der Waals surface area contributed by atoms with Gasteiger partial charge in [-0.15, -0.1) is 0 Å². The number of benzene rings is 1. The maximum atomic E-state index is 11.0. The quantitative estimate of drug-likeness (QED) is 0.436. The molecule has 3 atom stereocenters. The number of hydrogen-bond donors (Lipinski definition) is 5. The fraction of sp³-hybridized carbons (Fsp3) is 0.471. The topological polar surface area (TPSA) is 150 Å². The van der Waals surface area contributed by atoms with Gasteiger partial charge in [-0.25, -0.2) is 0 Å². The molecule has 0 amide bonds. The molecule has 140 valence electrons. The third-order valence-corrected chi connectivity index (χ3v) is 2.96. The summed E-state index contributed by atoms with van der Waals surface area (Å²) in [4.78, 5) is 31.7. The van der Waals surface area contributed by atoms with E-state index < -0.39 is 36.5 Å². The van der Waals surface area contributed by atoms with E-state index >= 15 is 0 Å². The summed E-state index contributed by atoms with van der Waals surface area (Å²) in [5.41, 5.74) is 5.88. The van der Waals surface area contributed by atoms with Gasteiger partial charge in [0.15, 0.2) is 0 Å². The first-order chi connectivity index (χ1) is 12.5. The number of carboxylic acids is 3. The zero-order chi connectivity index (χ0) is 21.1. The first-order valence-electron chi connectivity index (χ1n) is 8.67. The summed E-state index contributed by atoms with van der Waals surface area (Å²) in [6.07, 6.45) is 0.525. The van der Waals surface area contributed by atoms with Crippen LogP contribution in [0.5, 0.6) is 0 Å². The third-order valence-electron chi connectivity index (χ3n) is 2.96. The molecule has 25 heavy (non-hydrogen) atoms. The predicted molar refractivity (Wildman–Crippen MR) is 92.3 cm³/mol. The second kappa shape index (κ2) is 12.0. The van der Waals surface area contributed by atoms with E-state index in [0.717, 1.165) is 0 Å². The van der Waals surface area contributed by atoms with Crippen LogP contribution in [-0.2, 0) is 20.8 Å². The zero-order valence-electron chi connectivity index (χ0n) is 16.2. The smallest absolute Gasteiger partial charge is 0.321 e. The molecule has 0 spiro atoms. The minimum Gasteiger partial charge on any atom is -0.480 e. The van der Waals surface area contributed by atoms with Gasteiger partial charge < -0.3 is 21.1 Å². The fourth-order valence-corrected chi connectivity index (χ4v) is 1.80. The summed E-state index contributed by atoms with van der Waals surface area (Å²) in [5, 5.41) is 26.2. The first kappa shape index (κ1) is 18.9. The molecule has 0 saturated carbocycles. The van der Waals surface area contributed by atoms with E-state index in [9.17, 15) is 14.4 Å². The molecule has 0 fully saturated rings. The molecule has 1 aromatic carbocycles. The maximum Gasteiger partial charge on any atom is 0.321 e. The van der Waals surface area contributed by atoms with Crippen LogP contribution >= 0.6 is 0 Å². The first-order valence-corrected chi connectivity index (χ1v) is 7.64. The lowest BCUT2D eigenvalue weighted by Gasteiger charge is -2.12. The van der Waals surface area contributed by atoms with Gasteiger partial charge in [0, 0.05) is 0 Å². The third kappa shape index (κ3) is 11.7. The summed E-state index contributed by atoms with van der Waals surface area (Å²) >= 11 is 0. The zero-order valence-corrected chi connectivity index (χ0v) is 14.2. The molecule has 0 aromatic heterocycles. The highest BCUT2D eigenvalue weighted by Gasteiger charge is 2.18. The van der Waals surface area contributed by atoms with Crippen LogP contribution in [0.2, 0.25) is 1.41 Å². The number of rotatable bonds is 9. The molecule has 0 aliphatic heterocycles. The van der Waals surface area contributed by atoms with Gasteiger partial charge in [-0.05, 0) is 24.3 Å². The number of nitrogens with two attached hydrogens (primary N) is 1. The number of carboxylic acid groups (broad SMARTS) is 3. The standard InChI is InChI=1S/C11H13NO4.C6H13NO2/c13-10(14)7-12-9(11(15)16)6-8-4-2-1-3-5-8;1-4(2)3-5(7)6(8)9/h1-5,9,12H,6-7H2,(H,13,14)(H,15,16);4-5H,3,7H2,1-2H3,(H,8,9)/t9-;5-/m00/s1/i7D;/hD/t7?,9-;m. The normalized spacial score (nSPS) is 15.2. The Morgan fingerprint density at radius 3 is 2.08 bits per heavy atom. The van der Waals surface area contributed by atoms with Crippen molar-refractivity contribution in [3.63, 3.8) is 0 Å². The van der Waals surface area contributed by atoms with Crippen LogP contribution < -0.4 is 11.0 Å². The van der Waals surface area contributed by atoms with Gasteiger partial charge in [0.2, 0.25) is 0 Å². The highest BCUT2D eigenvalue weighted by Crippen LogP contribution is 2.03. The molecule has 8 nitrogen and oxygen atoms in total. The Labute approximate surface area is 149 Å². The van der Waals surface area contributed by atoms with Crippen molar-refractivity contribution < 1.29 is 32.5 Å². The molecule has 0 radical (unpaired) electrons. The number of carbonyl (C=O) groups is 3. The second-order valence-electron chi connectivity index (χ2n) is 5.73. The van der Waals surface area contributed by atoms with Crippen molar-refractivity contribution in [1.82, 2.24) is 5.31 Å². The van der Waals surface area contributed by atoms with Crippen molar-refractivity contribution in [2.24, 2.45) is 11.7 Å². The number of nitrogens with one attached hydrogen (secondary N) is 1. The number of hydrogen-bond acceptors (Lipinski definition) is 5. The minimum atomic E-state index is -1.92. The summed E-state index contributed by atoms with van der Waals surface area (Å²) in [6.45, 7) is 1.97. The van der Waals surface area contributed by atoms with Gasteiger partial charge in [-0.1, -0.05) is 44.2 Å². The van der Waals surface area contributed by atoms with E-state index in [2.05, 4.69) is 0 Å². The molecular weight excluding hydrogens is 328 g/mol. The molecule has 8 heteroatoms. The van der Waals surface area contributed by atoms with Gasteiger partial charge in [-0.2, -0.15) is 0 Å². The second-order valence-corrected chi connectivity index (χ2v) is 5.73. The summed E-state index contributed by atoms with van der Waals surface area (Å²) in [5.74, 6) is -3.43. The van der Waals surface area contributed by atoms with Crippen molar-refractivity contribution in [1.29, 1.82) is 0 Å². The summed E-state index contributed by atoms with van der Waals surface area (Å²) < 4.78 is 14.6. The molecule has 0 saturated heterocycles. The molecule has 1 unspecified atom stereocenters. The van der Waals surface area contributed by atoms with Gasteiger partial charge in [0.25, 0.3) is 0 Å². The average molecular weight is 356 g/mol. The Hall–Kier alpha value is -2.45. The minimum absolute atomic E-state index is 0.0255. The average Bonchev–Trinajstić information content (AvgIpc) is 2.58. The van der Waals surface area contributed by atoms with Gasteiger partial charge >= 0.3 is 17.9 Å². The van der Waals surface area contributed by atoms with Crippen LogP contribution in [0.1, 0.15) is 27.2 Å². The highest BCUT2D eigenvalue weighted by molar-refractivity contribution is 5.76. The van der Waals surface area contributed by atoms with Crippen LogP contribution in [0, 0.1) is 5.92 Å². The molecule has 1 aromatic rings. The van der Waals surface area contributed by atoms with E-state index in [1.54, 1.807) is 30.3 Å². The van der Waals surface area contributed by atoms with E-state index in [-0.39, 0.29) is 11.7 Å². The summed E-state index contributed by atoms with van der Waals surface area (Å²) in [6, 6.07) is 6.52. The molecule has 0 bridgehead atoms. The monoisotopic (exact) mass is 356 g/mol. The Bertz CT molecular complexity index is 615. The molecule has 6 N–H and O–H groups in total. The van der Waals surface area contributed by atoms with Crippen LogP contribution in [0.4, 0.5) is 0 Å².